The number of phenols is 1. The van der Waals surface area contributed by atoms with E-state index >= 15 is 0 Å². The molecule has 0 radical (unpaired) electrons. The first-order valence-corrected chi connectivity index (χ1v) is 8.43. The molecule has 120 valence electrons. The van der Waals surface area contributed by atoms with E-state index in [4.69, 9.17) is 5.11 Å². The van der Waals surface area contributed by atoms with Crippen molar-refractivity contribution in [1.82, 2.24) is 0 Å². The van der Waals surface area contributed by atoms with Crippen molar-refractivity contribution in [1.29, 1.82) is 0 Å². The van der Waals surface area contributed by atoms with Crippen molar-refractivity contribution in [2.75, 3.05) is 0 Å². The summed E-state index contributed by atoms with van der Waals surface area (Å²) < 4.78 is 13.7. The van der Waals surface area contributed by atoms with Gasteiger partial charge in [0.15, 0.2) is 0 Å². The Balaban J connectivity index is 2.30. The van der Waals surface area contributed by atoms with Crippen LogP contribution in [0.3, 0.4) is 0 Å². The molecule has 0 aromatic heterocycles. The normalized spacial score (nSPS) is 12.5. The number of thiol groups is 1. The predicted molar refractivity (Wildman–Crippen MR) is 90.6 cm³/mol. The Hall–Kier alpha value is -2.06. The van der Waals surface area contributed by atoms with E-state index in [1.54, 1.807) is 6.07 Å². The van der Waals surface area contributed by atoms with Crippen molar-refractivity contribution in [2.24, 2.45) is 10.2 Å². The summed E-state index contributed by atoms with van der Waals surface area (Å²) in [5, 5.41) is 26.1. The molecule has 0 spiro atoms. The van der Waals surface area contributed by atoms with Gasteiger partial charge in [0.2, 0.25) is 0 Å². The Morgan fingerprint density at radius 3 is 2.43 bits per heavy atom. The molecular formula is C15H13FN2O3S2. The number of nitrogens with zero attached hydrogens (tertiary/aromatic N) is 2. The van der Waals surface area contributed by atoms with Crippen LogP contribution >= 0.6 is 22.5 Å². The van der Waals surface area contributed by atoms with Crippen LogP contribution in [-0.2, 0) is 0 Å². The first-order chi connectivity index (χ1) is 10.9. The average Bonchev–Trinajstić information content (AvgIpc) is 2.54. The van der Waals surface area contributed by atoms with Crippen LogP contribution in [0.2, 0.25) is 0 Å². The van der Waals surface area contributed by atoms with Gasteiger partial charge in [-0.05, 0) is 43.3 Å². The number of aromatic carboxylic acids is 1. The summed E-state index contributed by atoms with van der Waals surface area (Å²) in [6.07, 6.45) is 0. The van der Waals surface area contributed by atoms with Gasteiger partial charge in [-0.3, -0.25) is 0 Å². The van der Waals surface area contributed by atoms with Gasteiger partial charge in [0.1, 0.15) is 17.1 Å². The second-order valence-electron chi connectivity index (χ2n) is 4.66. The smallest absolute Gasteiger partial charge is 0.339 e. The van der Waals surface area contributed by atoms with Crippen molar-refractivity contribution in [2.45, 2.75) is 12.2 Å². The number of carbonyl (C=O) groups is 1. The molecule has 23 heavy (non-hydrogen) atoms. The average molecular weight is 352 g/mol. The first kappa shape index (κ1) is 17.3. The first-order valence-electron chi connectivity index (χ1n) is 6.50. The van der Waals surface area contributed by atoms with Crippen molar-refractivity contribution >= 4 is 39.8 Å². The van der Waals surface area contributed by atoms with Crippen molar-refractivity contribution in [3.63, 3.8) is 0 Å². The zero-order chi connectivity index (χ0) is 17.0. The zero-order valence-corrected chi connectivity index (χ0v) is 13.7. The third-order valence-electron chi connectivity index (χ3n) is 3.07. The molecular weight excluding hydrogens is 339 g/mol. The van der Waals surface area contributed by atoms with Gasteiger partial charge in [0, 0.05) is 10.8 Å². The molecule has 2 aromatic rings. The molecule has 0 bridgehead atoms. The maximum atomic E-state index is 13.7. The molecule has 2 aromatic carbocycles. The second-order valence-corrected chi connectivity index (χ2v) is 6.21. The Morgan fingerprint density at radius 1 is 1.22 bits per heavy atom. The number of halogens is 1. The molecule has 2 N–H and O–H groups in total. The highest BCUT2D eigenvalue weighted by molar-refractivity contribution is 8.68. The Labute approximate surface area is 141 Å². The number of rotatable bonds is 5. The van der Waals surface area contributed by atoms with Crippen LogP contribution < -0.4 is 0 Å². The van der Waals surface area contributed by atoms with Crippen LogP contribution in [0.4, 0.5) is 15.8 Å². The molecule has 0 amide bonds. The third-order valence-corrected chi connectivity index (χ3v) is 4.59. The van der Waals surface area contributed by atoms with E-state index in [0.717, 1.165) is 0 Å². The summed E-state index contributed by atoms with van der Waals surface area (Å²) in [7, 11) is 1.21. The van der Waals surface area contributed by atoms with Crippen LogP contribution in [-0.4, -0.2) is 16.2 Å². The largest absolute Gasteiger partial charge is 0.507 e. The predicted octanol–water partition coefficient (Wildman–Crippen LogP) is 5.28. The number of carboxylic acid groups (broad SMARTS) is 1. The summed E-state index contributed by atoms with van der Waals surface area (Å²) in [6.45, 7) is 1.82. The van der Waals surface area contributed by atoms with Crippen molar-refractivity contribution in [3.8, 4) is 5.75 Å². The quantitative estimate of drug-likeness (QED) is 0.388. The lowest BCUT2D eigenvalue weighted by atomic mass is 10.1. The zero-order valence-electron chi connectivity index (χ0n) is 12.0. The fourth-order valence-electron chi connectivity index (χ4n) is 1.83. The minimum absolute atomic E-state index is 0.152. The van der Waals surface area contributed by atoms with Gasteiger partial charge in [-0.1, -0.05) is 10.8 Å². The van der Waals surface area contributed by atoms with E-state index in [0.29, 0.717) is 11.3 Å². The number of hydrogen-bond donors (Lipinski definition) is 3. The Bertz CT molecular complexity index is 768. The number of aromatic hydroxyl groups is 1. The van der Waals surface area contributed by atoms with E-state index in [9.17, 15) is 14.3 Å². The molecule has 5 nitrogen and oxygen atoms in total. The third kappa shape index (κ3) is 4.23. The summed E-state index contributed by atoms with van der Waals surface area (Å²) in [5.74, 6) is -1.96. The van der Waals surface area contributed by atoms with Crippen molar-refractivity contribution in [3.05, 3.63) is 53.3 Å². The topological polar surface area (TPSA) is 82.2 Å². The van der Waals surface area contributed by atoms with E-state index in [2.05, 4.69) is 21.9 Å². The molecule has 0 saturated carbocycles. The fraction of sp³-hybridized carbons (Fsp3) is 0.133. The van der Waals surface area contributed by atoms with Crippen LogP contribution in [0.25, 0.3) is 0 Å². The van der Waals surface area contributed by atoms with Gasteiger partial charge in [0.25, 0.3) is 0 Å². The lowest BCUT2D eigenvalue weighted by Gasteiger charge is -2.09. The molecule has 0 saturated heterocycles. The monoisotopic (exact) mass is 352 g/mol. The van der Waals surface area contributed by atoms with E-state index < -0.39 is 5.97 Å². The van der Waals surface area contributed by atoms with Gasteiger partial charge < -0.3 is 10.2 Å². The van der Waals surface area contributed by atoms with Gasteiger partial charge in [-0.25, -0.2) is 9.18 Å². The summed E-state index contributed by atoms with van der Waals surface area (Å²) in [4.78, 5) is 11.0. The lowest BCUT2D eigenvalue weighted by Crippen LogP contribution is -1.95. The number of carboxylic acids is 1. The summed E-state index contributed by atoms with van der Waals surface area (Å²) in [6, 6.07) is 8.19. The van der Waals surface area contributed by atoms with E-state index in [1.165, 1.54) is 41.1 Å². The molecule has 2 rings (SSSR count). The summed E-state index contributed by atoms with van der Waals surface area (Å²) >= 11 is 4.07. The molecule has 8 heteroatoms. The highest BCUT2D eigenvalue weighted by atomic mass is 33.1. The highest BCUT2D eigenvalue weighted by Gasteiger charge is 2.12. The standard InChI is InChI=1S/C15H13FN2O3S2/c1-8(23-22)11-6-9(2-4-13(11)16)17-18-10-3-5-14(19)12(7-10)15(20)21/h2-8,19,22H,1H3,(H,20,21)/b18-17-. The minimum atomic E-state index is -1.26. The van der Waals surface area contributed by atoms with Gasteiger partial charge in [0.05, 0.1) is 11.4 Å². The molecule has 0 aliphatic carbocycles. The molecule has 0 fully saturated rings. The van der Waals surface area contributed by atoms with Gasteiger partial charge in [-0.15, -0.1) is 11.7 Å². The SMILES string of the molecule is CC(SS)c1cc(/N=N\c2ccc(O)c(C(=O)O)c2)ccc1F. The molecule has 0 aliphatic rings. The number of hydrogen-bond acceptors (Lipinski definition) is 6. The van der Waals surface area contributed by atoms with Crippen molar-refractivity contribution < 1.29 is 19.4 Å². The molecule has 1 unspecified atom stereocenters. The van der Waals surface area contributed by atoms with Gasteiger partial charge >= 0.3 is 5.97 Å². The Morgan fingerprint density at radius 2 is 1.83 bits per heavy atom. The molecule has 0 aliphatic heterocycles. The van der Waals surface area contributed by atoms with E-state index in [-0.39, 0.29) is 28.1 Å². The number of azo groups is 1. The van der Waals surface area contributed by atoms with Crippen LogP contribution in [0.1, 0.15) is 28.1 Å². The summed E-state index contributed by atoms with van der Waals surface area (Å²) in [5.41, 5.74) is 0.892. The minimum Gasteiger partial charge on any atom is -0.507 e. The Kier molecular flexibility index (Phi) is 5.62. The maximum absolute atomic E-state index is 13.7. The second kappa shape index (κ2) is 7.47. The fourth-order valence-corrected chi connectivity index (χ4v) is 2.47. The molecule has 0 heterocycles. The van der Waals surface area contributed by atoms with Crippen LogP contribution in [0, 0.1) is 5.82 Å². The highest BCUT2D eigenvalue weighted by Crippen LogP contribution is 2.34. The molecule has 1 atom stereocenters. The van der Waals surface area contributed by atoms with Crippen LogP contribution in [0.15, 0.2) is 46.6 Å². The maximum Gasteiger partial charge on any atom is 0.339 e. The number of benzene rings is 2. The lowest BCUT2D eigenvalue weighted by molar-refractivity contribution is 0.0694. The van der Waals surface area contributed by atoms with Gasteiger partial charge in [-0.2, -0.15) is 10.2 Å². The van der Waals surface area contributed by atoms with Crippen LogP contribution in [0.5, 0.6) is 5.75 Å². The van der Waals surface area contributed by atoms with E-state index in [1.807, 2.05) is 6.92 Å².